The van der Waals surface area contributed by atoms with Gasteiger partial charge in [-0.3, -0.25) is 4.79 Å². The summed E-state index contributed by atoms with van der Waals surface area (Å²) < 4.78 is 13.3. The van der Waals surface area contributed by atoms with E-state index in [1.807, 2.05) is 30.3 Å². The molecule has 6 rings (SSSR count). The highest BCUT2D eigenvalue weighted by Crippen LogP contribution is 2.35. The number of hydrogen-bond acceptors (Lipinski definition) is 6. The minimum atomic E-state index is -0.424. The standard InChI is InChI=1S/C34H36N6O3/c1-42-26-15-13-25(31(18-26)43-2)21-40-32(16-14-24-20-36-29-10-6-5-9-28(24)29)38-39-34(40)30(37-33(41)19-35)17-23-12-11-22-7-3-4-8-27(22)23/h3-10,12-13,15,18,20,30,36H,11,14,16-17,19,21,35H2,1-2H3,(H,37,41)/t30-/m1/s1. The minimum absolute atomic E-state index is 0.111. The van der Waals surface area contributed by atoms with Gasteiger partial charge in [0.05, 0.1) is 33.4 Å². The van der Waals surface area contributed by atoms with Crippen molar-refractivity contribution in [3.8, 4) is 11.5 Å². The number of nitrogens with zero attached hydrogens (tertiary/aromatic N) is 3. The van der Waals surface area contributed by atoms with Gasteiger partial charge in [0, 0.05) is 41.6 Å². The fourth-order valence-corrected chi connectivity index (χ4v) is 5.93. The zero-order valence-electron chi connectivity index (χ0n) is 24.5. The monoisotopic (exact) mass is 576 g/mol. The maximum absolute atomic E-state index is 12.7. The number of nitrogens with two attached hydrogens (primary N) is 1. The van der Waals surface area contributed by atoms with E-state index in [2.05, 4.69) is 68.6 Å². The summed E-state index contributed by atoms with van der Waals surface area (Å²) in [6.45, 7) is 0.351. The summed E-state index contributed by atoms with van der Waals surface area (Å²) in [4.78, 5) is 16.1. The van der Waals surface area contributed by atoms with E-state index in [0.717, 1.165) is 29.7 Å². The largest absolute Gasteiger partial charge is 0.497 e. The van der Waals surface area contributed by atoms with E-state index < -0.39 is 6.04 Å². The second-order valence-electron chi connectivity index (χ2n) is 10.7. The molecular weight excluding hydrogens is 540 g/mol. The molecule has 43 heavy (non-hydrogen) atoms. The smallest absolute Gasteiger partial charge is 0.234 e. The fraction of sp³-hybridized carbons (Fsp3) is 0.265. The predicted octanol–water partition coefficient (Wildman–Crippen LogP) is 4.76. The molecule has 4 N–H and O–H groups in total. The summed E-state index contributed by atoms with van der Waals surface area (Å²) in [6, 6.07) is 22.0. The number of fused-ring (bicyclic) bond motifs is 2. The zero-order chi connectivity index (χ0) is 29.8. The zero-order valence-corrected chi connectivity index (χ0v) is 24.5. The molecular formula is C34H36N6O3. The van der Waals surface area contributed by atoms with E-state index in [9.17, 15) is 4.79 Å². The van der Waals surface area contributed by atoms with Crippen LogP contribution >= 0.6 is 0 Å². The van der Waals surface area contributed by atoms with Crippen LogP contribution in [0.25, 0.3) is 16.5 Å². The van der Waals surface area contributed by atoms with Crippen molar-refractivity contribution in [1.82, 2.24) is 25.1 Å². The van der Waals surface area contributed by atoms with E-state index in [1.165, 1.54) is 27.6 Å². The third-order valence-corrected chi connectivity index (χ3v) is 8.16. The molecule has 0 fully saturated rings. The maximum Gasteiger partial charge on any atom is 0.234 e. The van der Waals surface area contributed by atoms with Crippen LogP contribution in [0.15, 0.2) is 79.0 Å². The number of amides is 1. The molecule has 9 nitrogen and oxygen atoms in total. The third-order valence-electron chi connectivity index (χ3n) is 8.16. The Morgan fingerprint density at radius 1 is 1.02 bits per heavy atom. The third kappa shape index (κ3) is 5.89. The molecule has 2 heterocycles. The average Bonchev–Trinajstić information content (AvgIpc) is 3.77. The molecule has 0 spiro atoms. The van der Waals surface area contributed by atoms with Gasteiger partial charge in [0.25, 0.3) is 0 Å². The summed E-state index contributed by atoms with van der Waals surface area (Å²) in [5.41, 5.74) is 12.7. The normalized spacial score (nSPS) is 13.0. The Morgan fingerprint density at radius 2 is 1.86 bits per heavy atom. The molecule has 1 aliphatic rings. The fourth-order valence-electron chi connectivity index (χ4n) is 5.93. The van der Waals surface area contributed by atoms with Crippen molar-refractivity contribution in [3.63, 3.8) is 0 Å². The Balaban J connectivity index is 1.38. The lowest BCUT2D eigenvalue weighted by Crippen LogP contribution is -2.35. The molecule has 9 heteroatoms. The van der Waals surface area contributed by atoms with Gasteiger partial charge in [-0.05, 0) is 53.3 Å². The molecule has 1 atom stereocenters. The average molecular weight is 577 g/mol. The topological polar surface area (TPSA) is 120 Å². The number of para-hydroxylation sites is 1. The lowest BCUT2D eigenvalue weighted by atomic mass is 9.99. The highest BCUT2D eigenvalue weighted by molar-refractivity contribution is 5.83. The van der Waals surface area contributed by atoms with E-state index in [4.69, 9.17) is 20.3 Å². The molecule has 3 aromatic carbocycles. The number of allylic oxidation sites excluding steroid dienone is 1. The summed E-state index contributed by atoms with van der Waals surface area (Å²) in [7, 11) is 3.29. The molecule has 220 valence electrons. The molecule has 0 unspecified atom stereocenters. The van der Waals surface area contributed by atoms with Crippen LogP contribution in [0.5, 0.6) is 11.5 Å². The van der Waals surface area contributed by atoms with Crippen LogP contribution < -0.4 is 20.5 Å². The predicted molar refractivity (Wildman–Crippen MR) is 167 cm³/mol. The maximum atomic E-state index is 12.7. The number of aromatic nitrogens is 4. The van der Waals surface area contributed by atoms with Crippen molar-refractivity contribution in [2.45, 2.75) is 38.3 Å². The van der Waals surface area contributed by atoms with Gasteiger partial charge in [-0.25, -0.2) is 0 Å². The minimum Gasteiger partial charge on any atom is -0.497 e. The van der Waals surface area contributed by atoms with Gasteiger partial charge in [-0.15, -0.1) is 10.2 Å². The molecule has 1 aliphatic carbocycles. The quantitative estimate of drug-likeness (QED) is 0.197. The SMILES string of the molecule is COc1ccc(Cn2c(CCc3c[nH]c4ccccc34)nnc2[C@@H](CC2=CCc3ccccc32)NC(=O)CN)c(OC)c1. The van der Waals surface area contributed by atoms with Crippen LogP contribution in [0.4, 0.5) is 0 Å². The van der Waals surface area contributed by atoms with Crippen molar-refractivity contribution in [2.24, 2.45) is 5.73 Å². The van der Waals surface area contributed by atoms with Gasteiger partial charge in [0.1, 0.15) is 17.3 Å². The first kappa shape index (κ1) is 28.2. The summed E-state index contributed by atoms with van der Waals surface area (Å²) in [5, 5.41) is 13.7. The molecule has 2 aromatic heterocycles. The van der Waals surface area contributed by atoms with Gasteiger partial charge in [0.15, 0.2) is 5.82 Å². The lowest BCUT2D eigenvalue weighted by Gasteiger charge is -2.21. The van der Waals surface area contributed by atoms with Crippen LogP contribution in [-0.4, -0.2) is 46.4 Å². The molecule has 0 bridgehead atoms. The second kappa shape index (κ2) is 12.5. The summed E-state index contributed by atoms with van der Waals surface area (Å²) >= 11 is 0. The number of carbonyl (C=O) groups is 1. The van der Waals surface area contributed by atoms with Crippen LogP contribution in [-0.2, 0) is 30.6 Å². The Bertz CT molecular complexity index is 1790. The molecule has 0 aliphatic heterocycles. The van der Waals surface area contributed by atoms with E-state index in [-0.39, 0.29) is 12.5 Å². The van der Waals surface area contributed by atoms with Crippen molar-refractivity contribution in [1.29, 1.82) is 0 Å². The van der Waals surface area contributed by atoms with Crippen LogP contribution in [0.2, 0.25) is 0 Å². The van der Waals surface area contributed by atoms with Crippen molar-refractivity contribution in [3.05, 3.63) is 113 Å². The van der Waals surface area contributed by atoms with Crippen LogP contribution in [0.3, 0.4) is 0 Å². The van der Waals surface area contributed by atoms with Crippen LogP contribution in [0.1, 0.15) is 46.4 Å². The number of H-pyrrole nitrogens is 1. The first-order valence-corrected chi connectivity index (χ1v) is 14.5. The number of rotatable bonds is 12. The van der Waals surface area contributed by atoms with Crippen molar-refractivity contribution >= 4 is 22.4 Å². The number of aryl methyl sites for hydroxylation is 2. The summed E-state index contributed by atoms with van der Waals surface area (Å²) in [5.74, 6) is 2.68. The Morgan fingerprint density at radius 3 is 2.70 bits per heavy atom. The first-order valence-electron chi connectivity index (χ1n) is 14.5. The molecule has 0 radical (unpaired) electrons. The van der Waals surface area contributed by atoms with Crippen molar-refractivity contribution < 1.29 is 14.3 Å². The Kier molecular flexibility index (Phi) is 8.24. The summed E-state index contributed by atoms with van der Waals surface area (Å²) in [6.07, 6.45) is 7.18. The highest BCUT2D eigenvalue weighted by Gasteiger charge is 2.27. The second-order valence-corrected chi connectivity index (χ2v) is 10.7. The van der Waals surface area contributed by atoms with Gasteiger partial charge < -0.3 is 30.1 Å². The van der Waals surface area contributed by atoms with Crippen molar-refractivity contribution in [2.75, 3.05) is 20.8 Å². The molecule has 0 saturated carbocycles. The van der Waals surface area contributed by atoms with Crippen LogP contribution in [0, 0.1) is 0 Å². The number of nitrogens with one attached hydrogen (secondary N) is 2. The Hall–Kier alpha value is -4.89. The van der Waals surface area contributed by atoms with E-state index in [0.29, 0.717) is 36.7 Å². The Labute approximate surface area is 250 Å². The van der Waals surface area contributed by atoms with Gasteiger partial charge in [-0.2, -0.15) is 0 Å². The number of ether oxygens (including phenoxy) is 2. The number of hydrogen-bond donors (Lipinski definition) is 3. The van der Waals surface area contributed by atoms with Gasteiger partial charge >= 0.3 is 0 Å². The number of methoxy groups -OCH3 is 2. The highest BCUT2D eigenvalue weighted by atomic mass is 16.5. The number of aromatic amines is 1. The molecule has 0 saturated heterocycles. The van der Waals surface area contributed by atoms with E-state index >= 15 is 0 Å². The first-order chi connectivity index (χ1) is 21.1. The number of carbonyl (C=O) groups excluding carboxylic acids is 1. The molecule has 5 aromatic rings. The van der Waals surface area contributed by atoms with Gasteiger partial charge in [0.2, 0.25) is 5.91 Å². The van der Waals surface area contributed by atoms with Gasteiger partial charge in [-0.1, -0.05) is 48.5 Å². The molecule has 1 amide bonds. The van der Waals surface area contributed by atoms with E-state index in [1.54, 1.807) is 14.2 Å². The number of benzene rings is 3. The lowest BCUT2D eigenvalue weighted by molar-refractivity contribution is -0.120.